The van der Waals surface area contributed by atoms with Gasteiger partial charge in [-0.15, -0.1) is 0 Å². The molecule has 2 aliphatic heterocycles. The maximum atomic E-state index is 6.29. The Labute approximate surface area is 158 Å². The van der Waals surface area contributed by atoms with Crippen molar-refractivity contribution in [1.29, 1.82) is 0 Å². The van der Waals surface area contributed by atoms with Crippen molar-refractivity contribution in [2.24, 2.45) is 0 Å². The minimum absolute atomic E-state index is 0.327. The van der Waals surface area contributed by atoms with E-state index in [1.807, 2.05) is 6.07 Å². The minimum atomic E-state index is 0.327. The molecule has 2 aromatic heterocycles. The van der Waals surface area contributed by atoms with Crippen molar-refractivity contribution in [2.75, 3.05) is 11.4 Å². The molecular formula is C23H21N3O. The molecule has 1 saturated heterocycles. The third kappa shape index (κ3) is 1.99. The number of furan rings is 1. The van der Waals surface area contributed by atoms with E-state index in [9.17, 15) is 0 Å². The van der Waals surface area contributed by atoms with Gasteiger partial charge in [0.1, 0.15) is 0 Å². The van der Waals surface area contributed by atoms with E-state index in [2.05, 4.69) is 71.1 Å². The van der Waals surface area contributed by atoms with Crippen LogP contribution in [0.15, 0.2) is 59.1 Å². The summed E-state index contributed by atoms with van der Waals surface area (Å²) < 4.78 is 6.29. The van der Waals surface area contributed by atoms with Crippen molar-refractivity contribution < 1.29 is 4.42 Å². The van der Waals surface area contributed by atoms with Gasteiger partial charge in [0.15, 0.2) is 5.58 Å². The fourth-order valence-electron chi connectivity index (χ4n) is 4.99. The van der Waals surface area contributed by atoms with Crippen LogP contribution in [0, 0.1) is 6.92 Å². The SMILES string of the molecule is Cc1ccc2c(oc3ncccc32)c1N1C2CN(Cc3ccccc32)C1C. The van der Waals surface area contributed by atoms with Crippen LogP contribution in [0.5, 0.6) is 0 Å². The lowest BCUT2D eigenvalue weighted by molar-refractivity contribution is 0.252. The Morgan fingerprint density at radius 3 is 2.85 bits per heavy atom. The molecule has 6 rings (SSSR count). The van der Waals surface area contributed by atoms with Gasteiger partial charge in [-0.3, -0.25) is 4.90 Å². The molecule has 2 aromatic carbocycles. The van der Waals surface area contributed by atoms with Crippen molar-refractivity contribution in [3.8, 4) is 0 Å². The van der Waals surface area contributed by atoms with Crippen LogP contribution >= 0.6 is 0 Å². The Morgan fingerprint density at radius 2 is 1.93 bits per heavy atom. The number of anilines is 1. The maximum Gasteiger partial charge on any atom is 0.227 e. The van der Waals surface area contributed by atoms with Crippen molar-refractivity contribution in [3.63, 3.8) is 0 Å². The third-order valence-electron chi connectivity index (χ3n) is 6.31. The van der Waals surface area contributed by atoms with E-state index in [4.69, 9.17) is 4.42 Å². The summed E-state index contributed by atoms with van der Waals surface area (Å²) >= 11 is 0. The monoisotopic (exact) mass is 355 g/mol. The van der Waals surface area contributed by atoms with E-state index in [1.54, 1.807) is 6.20 Å². The summed E-state index contributed by atoms with van der Waals surface area (Å²) in [7, 11) is 0. The number of hydrogen-bond acceptors (Lipinski definition) is 4. The van der Waals surface area contributed by atoms with Gasteiger partial charge in [-0.05, 0) is 42.7 Å². The molecule has 3 atom stereocenters. The summed E-state index contributed by atoms with van der Waals surface area (Å²) in [6.07, 6.45) is 2.12. The number of fused-ring (bicyclic) bond motifs is 7. The summed E-state index contributed by atoms with van der Waals surface area (Å²) in [4.78, 5) is 9.56. The summed E-state index contributed by atoms with van der Waals surface area (Å²) in [5, 5.41) is 2.24. The minimum Gasteiger partial charge on any atom is -0.436 e. The average molecular weight is 355 g/mol. The van der Waals surface area contributed by atoms with E-state index in [0.717, 1.165) is 35.2 Å². The molecule has 0 radical (unpaired) electrons. The van der Waals surface area contributed by atoms with Gasteiger partial charge in [0.2, 0.25) is 5.71 Å². The molecule has 1 fully saturated rings. The number of nitrogens with zero attached hydrogens (tertiary/aromatic N) is 3. The smallest absolute Gasteiger partial charge is 0.227 e. The topological polar surface area (TPSA) is 32.5 Å². The molecule has 0 aliphatic carbocycles. The Balaban J connectivity index is 1.63. The van der Waals surface area contributed by atoms with E-state index < -0.39 is 0 Å². The van der Waals surface area contributed by atoms with Gasteiger partial charge in [-0.25, -0.2) is 4.98 Å². The summed E-state index contributed by atoms with van der Waals surface area (Å²) in [6, 6.07) is 17.7. The molecule has 4 heterocycles. The molecule has 0 saturated carbocycles. The zero-order valence-corrected chi connectivity index (χ0v) is 15.5. The molecule has 0 amide bonds. The molecular weight excluding hydrogens is 334 g/mol. The number of aromatic nitrogens is 1. The number of benzene rings is 2. The lowest BCUT2D eigenvalue weighted by atomic mass is 9.96. The van der Waals surface area contributed by atoms with Gasteiger partial charge < -0.3 is 9.32 Å². The average Bonchev–Trinajstić information content (AvgIpc) is 3.19. The van der Waals surface area contributed by atoms with Crippen LogP contribution in [0.3, 0.4) is 0 Å². The number of pyridine rings is 1. The first-order valence-corrected chi connectivity index (χ1v) is 9.59. The van der Waals surface area contributed by atoms with Gasteiger partial charge in [-0.1, -0.05) is 36.4 Å². The molecule has 27 heavy (non-hydrogen) atoms. The molecule has 4 aromatic rings. The second kappa shape index (κ2) is 5.33. The molecule has 4 nitrogen and oxygen atoms in total. The van der Waals surface area contributed by atoms with E-state index in [0.29, 0.717) is 12.2 Å². The molecule has 0 spiro atoms. The number of rotatable bonds is 1. The maximum absolute atomic E-state index is 6.29. The molecule has 134 valence electrons. The van der Waals surface area contributed by atoms with Crippen molar-refractivity contribution in [1.82, 2.24) is 9.88 Å². The second-order valence-electron chi connectivity index (χ2n) is 7.75. The highest BCUT2D eigenvalue weighted by atomic mass is 16.3. The number of aryl methyl sites for hydroxylation is 1. The Morgan fingerprint density at radius 1 is 1.04 bits per heavy atom. The molecule has 4 heteroatoms. The quantitative estimate of drug-likeness (QED) is 0.480. The summed E-state index contributed by atoms with van der Waals surface area (Å²) in [5.41, 5.74) is 7.03. The van der Waals surface area contributed by atoms with E-state index in [-0.39, 0.29) is 0 Å². The van der Waals surface area contributed by atoms with Crippen molar-refractivity contribution in [3.05, 3.63) is 71.4 Å². The van der Waals surface area contributed by atoms with E-state index >= 15 is 0 Å². The van der Waals surface area contributed by atoms with Crippen LogP contribution in [0.1, 0.15) is 29.7 Å². The Bertz CT molecular complexity index is 1190. The van der Waals surface area contributed by atoms with Crippen LogP contribution in [-0.4, -0.2) is 22.6 Å². The predicted octanol–water partition coefficient (Wildman–Crippen LogP) is 5.01. The van der Waals surface area contributed by atoms with Crippen LogP contribution < -0.4 is 4.90 Å². The van der Waals surface area contributed by atoms with E-state index in [1.165, 1.54) is 22.4 Å². The first kappa shape index (κ1) is 15.2. The molecule has 2 aliphatic rings. The Kier molecular flexibility index (Phi) is 3.01. The van der Waals surface area contributed by atoms with Gasteiger partial charge in [-0.2, -0.15) is 0 Å². The highest BCUT2D eigenvalue weighted by Crippen LogP contribution is 2.47. The fourth-order valence-corrected chi connectivity index (χ4v) is 4.99. The zero-order chi connectivity index (χ0) is 18.1. The normalized spacial score (nSPS) is 23.9. The van der Waals surface area contributed by atoms with Crippen LogP contribution in [0.2, 0.25) is 0 Å². The molecule has 0 N–H and O–H groups in total. The largest absolute Gasteiger partial charge is 0.436 e. The van der Waals surface area contributed by atoms with Crippen LogP contribution in [0.4, 0.5) is 5.69 Å². The fraction of sp³-hybridized carbons (Fsp3) is 0.261. The van der Waals surface area contributed by atoms with Crippen molar-refractivity contribution >= 4 is 27.8 Å². The standard InChI is InChI=1S/C23H21N3O/c1-14-9-10-18-19-8-5-11-24-23(19)27-22(18)21(14)26-15(2)25-12-16-6-3-4-7-17(16)20(26)13-25/h3-11,15,20H,12-13H2,1-2H3. The molecule has 2 bridgehead atoms. The summed E-state index contributed by atoms with van der Waals surface area (Å²) in [6.45, 7) is 6.57. The first-order chi connectivity index (χ1) is 13.2. The lowest BCUT2D eigenvalue weighted by Crippen LogP contribution is -2.35. The van der Waals surface area contributed by atoms with Gasteiger partial charge >= 0.3 is 0 Å². The summed E-state index contributed by atoms with van der Waals surface area (Å²) in [5.74, 6) is 0. The second-order valence-corrected chi connectivity index (χ2v) is 7.75. The van der Waals surface area contributed by atoms with Crippen LogP contribution in [0.25, 0.3) is 22.1 Å². The van der Waals surface area contributed by atoms with Crippen LogP contribution in [-0.2, 0) is 6.54 Å². The van der Waals surface area contributed by atoms with Gasteiger partial charge in [0, 0.05) is 30.1 Å². The van der Waals surface area contributed by atoms with Gasteiger partial charge in [0.05, 0.1) is 17.9 Å². The highest BCUT2D eigenvalue weighted by Gasteiger charge is 2.43. The lowest BCUT2D eigenvalue weighted by Gasteiger charge is -2.31. The molecule has 3 unspecified atom stereocenters. The zero-order valence-electron chi connectivity index (χ0n) is 15.5. The first-order valence-electron chi connectivity index (χ1n) is 9.59. The third-order valence-corrected chi connectivity index (χ3v) is 6.31. The predicted molar refractivity (Wildman–Crippen MR) is 108 cm³/mol. The van der Waals surface area contributed by atoms with Gasteiger partial charge in [0.25, 0.3) is 0 Å². The Hall–Kier alpha value is -2.85. The number of hydrogen-bond donors (Lipinski definition) is 0. The highest BCUT2D eigenvalue weighted by molar-refractivity contribution is 6.08. The van der Waals surface area contributed by atoms with Crippen molar-refractivity contribution in [2.45, 2.75) is 32.6 Å².